The van der Waals surface area contributed by atoms with E-state index in [2.05, 4.69) is 24.1 Å². The Hall–Kier alpha value is -0.650. The number of nitrogens with one attached hydrogen (secondary N) is 1. The van der Waals surface area contributed by atoms with Crippen LogP contribution >= 0.6 is 0 Å². The Kier molecular flexibility index (Phi) is 5.56. The molecule has 106 valence electrons. The van der Waals surface area contributed by atoms with Crippen molar-refractivity contribution in [2.24, 2.45) is 0 Å². The summed E-state index contributed by atoms with van der Waals surface area (Å²) in [6, 6.07) is 0.732. The summed E-state index contributed by atoms with van der Waals surface area (Å²) < 4.78 is 5.13. The van der Waals surface area contributed by atoms with Gasteiger partial charge in [-0.1, -0.05) is 0 Å². The summed E-state index contributed by atoms with van der Waals surface area (Å²) in [4.78, 5) is 13.8. The third-order valence-electron chi connectivity index (χ3n) is 4.06. The highest BCUT2D eigenvalue weighted by Crippen LogP contribution is 2.34. The number of hydrogen-bond acceptors (Lipinski definition) is 4. The number of carboxylic acid groups (broad SMARTS) is 1. The van der Waals surface area contributed by atoms with Gasteiger partial charge in [0, 0.05) is 25.7 Å². The molecule has 5 nitrogen and oxygen atoms in total. The molecule has 5 heteroatoms. The molecule has 18 heavy (non-hydrogen) atoms. The molecule has 0 bridgehead atoms. The molecule has 0 aromatic rings. The number of rotatable bonds is 7. The van der Waals surface area contributed by atoms with Crippen LogP contribution in [0.15, 0.2) is 0 Å². The largest absolute Gasteiger partial charge is 0.480 e. The first-order valence-electron chi connectivity index (χ1n) is 6.64. The highest BCUT2D eigenvalue weighted by molar-refractivity contribution is 5.79. The maximum Gasteiger partial charge on any atom is 0.323 e. The van der Waals surface area contributed by atoms with E-state index in [-0.39, 0.29) is 0 Å². The van der Waals surface area contributed by atoms with Gasteiger partial charge in [0.15, 0.2) is 0 Å². The standard InChI is InChI=1S/C13H26N2O3/c1-10(2)15(7-8-18-4)11-5-6-13(9-11,14-3)12(16)17/h10-11,14H,5-9H2,1-4H3,(H,16,17). The third kappa shape index (κ3) is 3.22. The highest BCUT2D eigenvalue weighted by Gasteiger charge is 2.46. The number of methoxy groups -OCH3 is 1. The molecular formula is C13H26N2O3. The topological polar surface area (TPSA) is 61.8 Å². The number of likely N-dealkylation sites (N-methyl/N-ethyl adjacent to an activating group) is 1. The summed E-state index contributed by atoms with van der Waals surface area (Å²) in [7, 11) is 3.44. The van der Waals surface area contributed by atoms with E-state index in [4.69, 9.17) is 4.74 Å². The zero-order valence-electron chi connectivity index (χ0n) is 11.9. The number of ether oxygens (including phenoxy) is 1. The maximum atomic E-state index is 11.4. The van der Waals surface area contributed by atoms with Gasteiger partial charge in [-0.2, -0.15) is 0 Å². The van der Waals surface area contributed by atoms with Crippen LogP contribution in [0.5, 0.6) is 0 Å². The Labute approximate surface area is 109 Å². The Morgan fingerprint density at radius 3 is 2.67 bits per heavy atom. The van der Waals surface area contributed by atoms with Gasteiger partial charge in [0.25, 0.3) is 0 Å². The van der Waals surface area contributed by atoms with Gasteiger partial charge >= 0.3 is 5.97 Å². The molecule has 1 saturated carbocycles. The summed E-state index contributed by atoms with van der Waals surface area (Å²) in [5.41, 5.74) is -0.745. The fraction of sp³-hybridized carbons (Fsp3) is 0.923. The molecular weight excluding hydrogens is 232 g/mol. The first kappa shape index (κ1) is 15.4. The van der Waals surface area contributed by atoms with Crippen LogP contribution in [0.2, 0.25) is 0 Å². The van der Waals surface area contributed by atoms with Gasteiger partial charge in [-0.25, -0.2) is 0 Å². The first-order chi connectivity index (χ1) is 8.46. The van der Waals surface area contributed by atoms with E-state index in [9.17, 15) is 9.90 Å². The quantitative estimate of drug-likeness (QED) is 0.711. The molecule has 1 aliphatic rings. The molecule has 1 fully saturated rings. The van der Waals surface area contributed by atoms with E-state index in [1.807, 2.05) is 0 Å². The summed E-state index contributed by atoms with van der Waals surface area (Å²) in [6.07, 6.45) is 2.29. The Bertz CT molecular complexity index is 283. The molecule has 0 aromatic carbocycles. The van der Waals surface area contributed by atoms with Crippen LogP contribution in [0.25, 0.3) is 0 Å². The lowest BCUT2D eigenvalue weighted by molar-refractivity contribution is -0.144. The molecule has 0 aliphatic heterocycles. The second kappa shape index (κ2) is 6.50. The van der Waals surface area contributed by atoms with Crippen molar-refractivity contribution in [3.05, 3.63) is 0 Å². The zero-order valence-corrected chi connectivity index (χ0v) is 11.9. The van der Waals surface area contributed by atoms with Crippen LogP contribution in [0, 0.1) is 0 Å². The number of hydrogen-bond donors (Lipinski definition) is 2. The lowest BCUT2D eigenvalue weighted by Gasteiger charge is -2.33. The second-order valence-electron chi connectivity index (χ2n) is 5.36. The molecule has 2 unspecified atom stereocenters. The van der Waals surface area contributed by atoms with Crippen molar-refractivity contribution in [3.63, 3.8) is 0 Å². The predicted molar refractivity (Wildman–Crippen MR) is 70.8 cm³/mol. The van der Waals surface area contributed by atoms with Gasteiger partial charge in [-0.3, -0.25) is 9.69 Å². The maximum absolute atomic E-state index is 11.4. The van der Waals surface area contributed by atoms with Crippen molar-refractivity contribution in [2.75, 3.05) is 27.3 Å². The molecule has 0 spiro atoms. The normalized spacial score (nSPS) is 28.2. The summed E-state index contributed by atoms with van der Waals surface area (Å²) in [6.45, 7) is 5.85. The van der Waals surface area contributed by atoms with Gasteiger partial charge < -0.3 is 15.2 Å². The minimum absolute atomic E-state index is 0.323. The molecule has 0 radical (unpaired) electrons. The SMILES string of the molecule is CNC1(C(=O)O)CCC(N(CCOC)C(C)C)C1. The van der Waals surface area contributed by atoms with Crippen molar-refractivity contribution >= 4 is 5.97 Å². The molecule has 1 aliphatic carbocycles. The van der Waals surface area contributed by atoms with Crippen molar-refractivity contribution in [1.82, 2.24) is 10.2 Å². The van der Waals surface area contributed by atoms with Crippen molar-refractivity contribution in [2.45, 2.75) is 50.7 Å². The van der Waals surface area contributed by atoms with E-state index in [1.54, 1.807) is 14.2 Å². The number of nitrogens with zero attached hydrogens (tertiary/aromatic N) is 1. The van der Waals surface area contributed by atoms with Gasteiger partial charge in [-0.15, -0.1) is 0 Å². The first-order valence-corrected chi connectivity index (χ1v) is 6.64. The smallest absolute Gasteiger partial charge is 0.323 e. The van der Waals surface area contributed by atoms with Crippen molar-refractivity contribution in [1.29, 1.82) is 0 Å². The van der Waals surface area contributed by atoms with Crippen molar-refractivity contribution < 1.29 is 14.6 Å². The van der Waals surface area contributed by atoms with Crippen molar-refractivity contribution in [3.8, 4) is 0 Å². The molecule has 0 heterocycles. The molecule has 0 amide bonds. The summed E-state index contributed by atoms with van der Waals surface area (Å²) in [5, 5.41) is 12.4. The summed E-state index contributed by atoms with van der Waals surface area (Å²) >= 11 is 0. The minimum atomic E-state index is -0.745. The third-order valence-corrected chi connectivity index (χ3v) is 4.06. The van der Waals surface area contributed by atoms with Crippen LogP contribution in [-0.4, -0.2) is 60.9 Å². The zero-order chi connectivity index (χ0) is 13.8. The van der Waals surface area contributed by atoms with E-state index >= 15 is 0 Å². The number of carbonyl (C=O) groups is 1. The lowest BCUT2D eigenvalue weighted by Crippen LogP contribution is -2.50. The fourth-order valence-corrected chi connectivity index (χ4v) is 2.89. The molecule has 2 atom stereocenters. The second-order valence-corrected chi connectivity index (χ2v) is 5.36. The van der Waals surface area contributed by atoms with E-state index < -0.39 is 11.5 Å². The Balaban J connectivity index is 2.70. The monoisotopic (exact) mass is 258 g/mol. The fourth-order valence-electron chi connectivity index (χ4n) is 2.89. The van der Waals surface area contributed by atoms with Gasteiger partial charge in [0.1, 0.15) is 5.54 Å². The van der Waals surface area contributed by atoms with E-state index in [0.717, 1.165) is 13.0 Å². The average Bonchev–Trinajstić information content (AvgIpc) is 2.75. The van der Waals surface area contributed by atoms with Gasteiger partial charge in [0.05, 0.1) is 6.61 Å². The highest BCUT2D eigenvalue weighted by atomic mass is 16.5. The van der Waals surface area contributed by atoms with E-state index in [1.165, 1.54) is 0 Å². The molecule has 2 N–H and O–H groups in total. The number of aliphatic carboxylic acids is 1. The summed E-state index contributed by atoms with van der Waals surface area (Å²) in [5.74, 6) is -0.733. The molecule has 0 aromatic heterocycles. The minimum Gasteiger partial charge on any atom is -0.480 e. The Morgan fingerprint density at radius 2 is 2.28 bits per heavy atom. The molecule has 0 saturated heterocycles. The predicted octanol–water partition coefficient (Wildman–Crippen LogP) is 0.939. The van der Waals surface area contributed by atoms with Crippen LogP contribution in [0.1, 0.15) is 33.1 Å². The van der Waals surface area contributed by atoms with Crippen LogP contribution in [0.3, 0.4) is 0 Å². The van der Waals surface area contributed by atoms with Crippen LogP contribution in [0.4, 0.5) is 0 Å². The molecule has 1 rings (SSSR count). The van der Waals surface area contributed by atoms with E-state index in [0.29, 0.717) is 31.5 Å². The lowest BCUT2D eigenvalue weighted by atomic mass is 9.97. The average molecular weight is 258 g/mol. The number of carboxylic acids is 1. The van der Waals surface area contributed by atoms with Crippen LogP contribution in [-0.2, 0) is 9.53 Å². The van der Waals surface area contributed by atoms with Crippen LogP contribution < -0.4 is 5.32 Å². The van der Waals surface area contributed by atoms with Gasteiger partial charge in [0.2, 0.25) is 0 Å². The Morgan fingerprint density at radius 1 is 1.61 bits per heavy atom. The van der Waals surface area contributed by atoms with Gasteiger partial charge in [-0.05, 0) is 40.2 Å².